The quantitative estimate of drug-likeness (QED) is 0.237. The number of ether oxygens (including phenoxy) is 1. The molecule has 9 nitrogen and oxygen atoms in total. The number of thiazole rings is 1. The second kappa shape index (κ2) is 12.3. The Balaban J connectivity index is 1.55. The van der Waals surface area contributed by atoms with E-state index in [0.29, 0.717) is 44.6 Å². The highest BCUT2D eigenvalue weighted by molar-refractivity contribution is 7.17. The standard InChI is InChI=1S/C23H27ClN6O3S/c1-14-8-7-9-16(24)21(14)30-22(32)17-13-26-23(34-17)29-19-12-18(27-15(2)28-19)25-11-6-4-5-10-20(31)33-3/h7-9,12-13H,4-6,10-11H2,1-3H3,(H,30,32)(H2,25,26,27,28,29). The van der Waals surface area contributed by atoms with Crippen LogP contribution in [0.1, 0.15) is 46.7 Å². The zero-order valence-electron chi connectivity index (χ0n) is 19.3. The summed E-state index contributed by atoms with van der Waals surface area (Å²) < 4.78 is 4.64. The van der Waals surface area contributed by atoms with Gasteiger partial charge in [-0.15, -0.1) is 0 Å². The van der Waals surface area contributed by atoms with Gasteiger partial charge in [-0.1, -0.05) is 41.5 Å². The number of anilines is 4. The largest absolute Gasteiger partial charge is 0.469 e. The van der Waals surface area contributed by atoms with Crippen LogP contribution in [0.25, 0.3) is 0 Å². The monoisotopic (exact) mass is 502 g/mol. The van der Waals surface area contributed by atoms with Crippen LogP contribution < -0.4 is 16.0 Å². The number of nitrogens with zero attached hydrogens (tertiary/aromatic N) is 3. The molecule has 0 fully saturated rings. The van der Waals surface area contributed by atoms with Crippen molar-refractivity contribution < 1.29 is 14.3 Å². The van der Waals surface area contributed by atoms with E-state index in [9.17, 15) is 9.59 Å². The summed E-state index contributed by atoms with van der Waals surface area (Å²) >= 11 is 7.42. The summed E-state index contributed by atoms with van der Waals surface area (Å²) in [5, 5.41) is 10.3. The number of aromatic nitrogens is 3. The fourth-order valence-electron chi connectivity index (χ4n) is 3.12. The third kappa shape index (κ3) is 7.39. The molecule has 0 aliphatic heterocycles. The van der Waals surface area contributed by atoms with Crippen LogP contribution in [0.3, 0.4) is 0 Å². The summed E-state index contributed by atoms with van der Waals surface area (Å²) in [6, 6.07) is 7.23. The lowest BCUT2D eigenvalue weighted by Gasteiger charge is -2.09. The van der Waals surface area contributed by atoms with Crippen LogP contribution in [0.15, 0.2) is 30.5 Å². The molecule has 0 aliphatic rings. The molecule has 0 aliphatic carbocycles. The number of halogens is 1. The molecule has 1 aromatic carbocycles. The summed E-state index contributed by atoms with van der Waals surface area (Å²) in [5.41, 5.74) is 1.47. The topological polar surface area (TPSA) is 118 Å². The molecular weight excluding hydrogens is 476 g/mol. The van der Waals surface area contributed by atoms with Crippen molar-refractivity contribution in [2.45, 2.75) is 39.5 Å². The molecule has 11 heteroatoms. The van der Waals surface area contributed by atoms with Crippen LogP contribution in [0.4, 0.5) is 22.5 Å². The number of hydrogen-bond acceptors (Lipinski definition) is 9. The molecule has 0 bridgehead atoms. The smallest absolute Gasteiger partial charge is 0.305 e. The average molecular weight is 503 g/mol. The van der Waals surface area contributed by atoms with E-state index < -0.39 is 0 Å². The summed E-state index contributed by atoms with van der Waals surface area (Å²) in [4.78, 5) is 37.3. The van der Waals surface area contributed by atoms with Gasteiger partial charge >= 0.3 is 5.97 Å². The number of carbonyl (C=O) groups is 2. The Bertz CT molecular complexity index is 1130. The Morgan fingerprint density at radius 2 is 1.91 bits per heavy atom. The van der Waals surface area contributed by atoms with Crippen LogP contribution in [-0.4, -0.2) is 40.5 Å². The molecule has 3 aromatic rings. The fourth-order valence-corrected chi connectivity index (χ4v) is 4.11. The Morgan fingerprint density at radius 3 is 2.68 bits per heavy atom. The van der Waals surface area contributed by atoms with Crippen molar-refractivity contribution in [2.75, 3.05) is 29.6 Å². The van der Waals surface area contributed by atoms with E-state index in [0.717, 1.165) is 31.4 Å². The zero-order valence-corrected chi connectivity index (χ0v) is 20.8. The van der Waals surface area contributed by atoms with Crippen molar-refractivity contribution >= 4 is 57.3 Å². The number of aryl methyl sites for hydroxylation is 2. The minimum Gasteiger partial charge on any atom is -0.469 e. The zero-order chi connectivity index (χ0) is 24.5. The van der Waals surface area contributed by atoms with Crippen LogP contribution in [0, 0.1) is 13.8 Å². The maximum absolute atomic E-state index is 12.7. The van der Waals surface area contributed by atoms with Gasteiger partial charge in [0.05, 0.1) is 24.0 Å². The molecule has 180 valence electrons. The van der Waals surface area contributed by atoms with Crippen molar-refractivity contribution in [2.24, 2.45) is 0 Å². The molecule has 0 saturated heterocycles. The Morgan fingerprint density at radius 1 is 1.12 bits per heavy atom. The normalized spacial score (nSPS) is 10.6. The number of amides is 1. The molecule has 0 saturated carbocycles. The van der Waals surface area contributed by atoms with Gasteiger partial charge in [-0.05, 0) is 38.3 Å². The molecule has 34 heavy (non-hydrogen) atoms. The van der Waals surface area contributed by atoms with Gasteiger partial charge in [-0.3, -0.25) is 9.59 Å². The fraction of sp³-hybridized carbons (Fsp3) is 0.348. The number of methoxy groups -OCH3 is 1. The first kappa shape index (κ1) is 25.4. The molecule has 0 atom stereocenters. The Kier molecular flexibility index (Phi) is 9.17. The number of benzene rings is 1. The number of nitrogens with one attached hydrogen (secondary N) is 3. The van der Waals surface area contributed by atoms with E-state index in [1.165, 1.54) is 24.6 Å². The highest BCUT2D eigenvalue weighted by Crippen LogP contribution is 2.28. The van der Waals surface area contributed by atoms with Gasteiger partial charge in [-0.25, -0.2) is 15.0 Å². The van der Waals surface area contributed by atoms with E-state index in [1.807, 2.05) is 19.1 Å². The average Bonchev–Trinajstić information content (AvgIpc) is 3.26. The van der Waals surface area contributed by atoms with Gasteiger partial charge in [0, 0.05) is 19.0 Å². The number of para-hydroxylation sites is 1. The molecule has 0 spiro atoms. The lowest BCUT2D eigenvalue weighted by molar-refractivity contribution is -0.140. The molecule has 0 radical (unpaired) electrons. The number of esters is 1. The van der Waals surface area contributed by atoms with E-state index in [2.05, 4.69) is 35.6 Å². The highest BCUT2D eigenvalue weighted by Gasteiger charge is 2.14. The van der Waals surface area contributed by atoms with Gasteiger partial charge < -0.3 is 20.7 Å². The van der Waals surface area contributed by atoms with Gasteiger partial charge in [0.15, 0.2) is 5.13 Å². The maximum Gasteiger partial charge on any atom is 0.305 e. The first-order valence-corrected chi connectivity index (χ1v) is 12.0. The summed E-state index contributed by atoms with van der Waals surface area (Å²) in [6.07, 6.45) is 4.55. The van der Waals surface area contributed by atoms with E-state index in [1.54, 1.807) is 19.1 Å². The van der Waals surface area contributed by atoms with Crippen molar-refractivity contribution in [1.82, 2.24) is 15.0 Å². The van der Waals surface area contributed by atoms with Crippen molar-refractivity contribution in [3.63, 3.8) is 0 Å². The van der Waals surface area contributed by atoms with Crippen LogP contribution in [0.5, 0.6) is 0 Å². The van der Waals surface area contributed by atoms with E-state index in [-0.39, 0.29) is 11.9 Å². The second-order valence-corrected chi connectivity index (χ2v) is 8.98. The lowest BCUT2D eigenvalue weighted by Crippen LogP contribution is -2.11. The highest BCUT2D eigenvalue weighted by atomic mass is 35.5. The van der Waals surface area contributed by atoms with Crippen molar-refractivity contribution in [3.05, 3.63) is 51.7 Å². The van der Waals surface area contributed by atoms with Crippen LogP contribution in [0.2, 0.25) is 5.02 Å². The molecule has 3 N–H and O–H groups in total. The minimum absolute atomic E-state index is 0.183. The summed E-state index contributed by atoms with van der Waals surface area (Å²) in [5.74, 6) is 1.39. The van der Waals surface area contributed by atoms with Gasteiger partial charge in [0.25, 0.3) is 5.91 Å². The molecule has 2 aromatic heterocycles. The maximum atomic E-state index is 12.7. The lowest BCUT2D eigenvalue weighted by atomic mass is 10.2. The molecule has 1 amide bonds. The van der Waals surface area contributed by atoms with Gasteiger partial charge in [0.1, 0.15) is 22.3 Å². The number of hydrogen-bond donors (Lipinski definition) is 3. The van der Waals surface area contributed by atoms with E-state index >= 15 is 0 Å². The number of rotatable bonds is 11. The van der Waals surface area contributed by atoms with Crippen molar-refractivity contribution in [1.29, 1.82) is 0 Å². The first-order valence-electron chi connectivity index (χ1n) is 10.8. The summed E-state index contributed by atoms with van der Waals surface area (Å²) in [6.45, 7) is 4.41. The molecular formula is C23H27ClN6O3S. The number of unbranched alkanes of at least 4 members (excludes halogenated alkanes) is 2. The van der Waals surface area contributed by atoms with Gasteiger partial charge in [0.2, 0.25) is 0 Å². The van der Waals surface area contributed by atoms with Crippen LogP contribution in [-0.2, 0) is 9.53 Å². The first-order chi connectivity index (χ1) is 16.4. The Labute approximate surface area is 207 Å². The molecule has 0 unspecified atom stereocenters. The molecule has 3 rings (SSSR count). The molecule has 2 heterocycles. The van der Waals surface area contributed by atoms with E-state index in [4.69, 9.17) is 11.6 Å². The third-order valence-electron chi connectivity index (χ3n) is 4.85. The van der Waals surface area contributed by atoms with Crippen molar-refractivity contribution in [3.8, 4) is 0 Å². The minimum atomic E-state index is -0.282. The predicted octanol–water partition coefficient (Wildman–Crippen LogP) is 5.34. The van der Waals surface area contributed by atoms with Crippen LogP contribution >= 0.6 is 22.9 Å². The predicted molar refractivity (Wildman–Crippen MR) is 135 cm³/mol. The third-order valence-corrected chi connectivity index (χ3v) is 6.08. The summed E-state index contributed by atoms with van der Waals surface area (Å²) in [7, 11) is 1.40. The Hall–Kier alpha value is -3.24. The number of carbonyl (C=O) groups excluding carboxylic acids is 2. The second-order valence-electron chi connectivity index (χ2n) is 7.54. The SMILES string of the molecule is COC(=O)CCCCCNc1cc(Nc2ncc(C(=O)Nc3c(C)cccc3Cl)s2)nc(C)n1. The van der Waals surface area contributed by atoms with Gasteiger partial charge in [-0.2, -0.15) is 0 Å².